The maximum atomic E-state index is 12.4. The fourth-order valence-electron chi connectivity index (χ4n) is 2.34. The van der Waals surface area contributed by atoms with E-state index in [2.05, 4.69) is 0 Å². The highest BCUT2D eigenvalue weighted by Crippen LogP contribution is 2.29. The van der Waals surface area contributed by atoms with Gasteiger partial charge in [0, 0.05) is 24.7 Å². The van der Waals surface area contributed by atoms with Gasteiger partial charge in [0.1, 0.15) is 0 Å². The highest BCUT2D eigenvalue weighted by atomic mass is 16.6. The monoisotopic (exact) mass is 294 g/mol. The summed E-state index contributed by atoms with van der Waals surface area (Å²) in [6.45, 7) is 2.62. The number of likely N-dealkylation sites (tertiary alicyclic amines) is 1. The molecule has 1 fully saturated rings. The summed E-state index contributed by atoms with van der Waals surface area (Å²) in [5.74, 6) is -0.144. The van der Waals surface area contributed by atoms with Crippen molar-refractivity contribution in [3.05, 3.63) is 33.9 Å². The van der Waals surface area contributed by atoms with Crippen LogP contribution in [-0.2, 0) is 0 Å². The molecule has 0 radical (unpaired) electrons. The molecule has 0 unspecified atom stereocenters. The summed E-state index contributed by atoms with van der Waals surface area (Å²) in [5, 5.41) is 20.9. The van der Waals surface area contributed by atoms with E-state index in [-0.39, 0.29) is 22.9 Å². The number of hydrogen-bond donors (Lipinski definition) is 1. The topological polar surface area (TPSA) is 92.9 Å². The first kappa shape index (κ1) is 15.2. The summed E-state index contributed by atoms with van der Waals surface area (Å²) in [7, 11) is 1.34. The van der Waals surface area contributed by atoms with Crippen LogP contribution in [-0.4, -0.2) is 46.6 Å². The van der Waals surface area contributed by atoms with Crippen molar-refractivity contribution < 1.29 is 19.6 Å². The normalized spacial score (nSPS) is 17.4. The van der Waals surface area contributed by atoms with Gasteiger partial charge in [0.2, 0.25) is 0 Å². The number of carbonyl (C=O) groups excluding carboxylic acids is 1. The van der Waals surface area contributed by atoms with E-state index in [1.165, 1.54) is 25.3 Å². The molecule has 7 heteroatoms. The van der Waals surface area contributed by atoms with Gasteiger partial charge in [-0.3, -0.25) is 14.9 Å². The second-order valence-corrected chi connectivity index (χ2v) is 5.43. The number of piperidine rings is 1. The number of hydrogen-bond acceptors (Lipinski definition) is 5. The van der Waals surface area contributed by atoms with Crippen LogP contribution in [0.25, 0.3) is 0 Å². The van der Waals surface area contributed by atoms with Crippen LogP contribution in [0.15, 0.2) is 18.2 Å². The lowest BCUT2D eigenvalue weighted by molar-refractivity contribution is -0.385. The molecule has 1 aliphatic heterocycles. The van der Waals surface area contributed by atoms with Crippen molar-refractivity contribution in [3.8, 4) is 5.75 Å². The van der Waals surface area contributed by atoms with E-state index in [1.54, 1.807) is 11.8 Å². The molecular weight excluding hydrogens is 276 g/mol. The van der Waals surface area contributed by atoms with Crippen molar-refractivity contribution in [2.75, 3.05) is 20.2 Å². The highest BCUT2D eigenvalue weighted by molar-refractivity contribution is 5.95. The summed E-state index contributed by atoms with van der Waals surface area (Å²) < 4.78 is 4.91. The number of ether oxygens (including phenoxy) is 1. The lowest BCUT2D eigenvalue weighted by atomic mass is 9.93. The SMILES string of the molecule is COc1ccc(C(=O)N2CCC(C)(O)CC2)cc1[N+](=O)[O-]. The third-order valence-corrected chi connectivity index (χ3v) is 3.75. The number of amides is 1. The van der Waals surface area contributed by atoms with Crippen LogP contribution < -0.4 is 4.74 Å². The molecule has 1 saturated heterocycles. The molecule has 7 nitrogen and oxygen atoms in total. The molecule has 21 heavy (non-hydrogen) atoms. The van der Waals surface area contributed by atoms with Gasteiger partial charge in [-0.25, -0.2) is 0 Å². The van der Waals surface area contributed by atoms with Gasteiger partial charge in [0.25, 0.3) is 5.91 Å². The molecule has 1 aromatic carbocycles. The predicted octanol–water partition coefficient (Wildman–Crippen LogP) is 1.59. The standard InChI is InChI=1S/C14H18N2O5/c1-14(18)5-7-15(8-6-14)13(17)10-3-4-12(21-2)11(9-10)16(19)20/h3-4,9,18H,5-8H2,1-2H3. The van der Waals surface area contributed by atoms with Crippen molar-refractivity contribution in [1.82, 2.24) is 4.90 Å². The van der Waals surface area contributed by atoms with Gasteiger partial charge in [-0.1, -0.05) is 0 Å². The number of nitrogens with zero attached hydrogens (tertiary/aromatic N) is 2. The molecule has 0 aromatic heterocycles. The van der Waals surface area contributed by atoms with E-state index in [1.807, 2.05) is 0 Å². The molecule has 0 bridgehead atoms. The van der Waals surface area contributed by atoms with Crippen LogP contribution >= 0.6 is 0 Å². The largest absolute Gasteiger partial charge is 0.490 e. The Bertz CT molecular complexity index is 560. The van der Waals surface area contributed by atoms with E-state index in [4.69, 9.17) is 4.74 Å². The van der Waals surface area contributed by atoms with Crippen LogP contribution in [0, 0.1) is 10.1 Å². The van der Waals surface area contributed by atoms with Gasteiger partial charge >= 0.3 is 5.69 Å². The second kappa shape index (κ2) is 5.69. The van der Waals surface area contributed by atoms with E-state index < -0.39 is 10.5 Å². The molecule has 1 aliphatic rings. The number of rotatable bonds is 3. The van der Waals surface area contributed by atoms with Crippen LogP contribution in [0.3, 0.4) is 0 Å². The Morgan fingerprint density at radius 1 is 1.43 bits per heavy atom. The van der Waals surface area contributed by atoms with Gasteiger partial charge in [0.05, 0.1) is 17.6 Å². The van der Waals surface area contributed by atoms with Crippen molar-refractivity contribution in [3.63, 3.8) is 0 Å². The number of methoxy groups -OCH3 is 1. The van der Waals surface area contributed by atoms with E-state index >= 15 is 0 Å². The Morgan fingerprint density at radius 2 is 2.05 bits per heavy atom. The minimum atomic E-state index is -0.747. The van der Waals surface area contributed by atoms with Crippen molar-refractivity contribution in [2.45, 2.75) is 25.4 Å². The second-order valence-electron chi connectivity index (χ2n) is 5.43. The Balaban J connectivity index is 2.20. The lowest BCUT2D eigenvalue weighted by Gasteiger charge is -2.35. The predicted molar refractivity (Wildman–Crippen MR) is 75.4 cm³/mol. The molecule has 0 atom stereocenters. The number of benzene rings is 1. The number of aliphatic hydroxyl groups is 1. The average molecular weight is 294 g/mol. The first-order valence-corrected chi connectivity index (χ1v) is 6.68. The molecule has 1 amide bonds. The summed E-state index contributed by atoms with van der Waals surface area (Å²) in [6.07, 6.45) is 0.994. The van der Waals surface area contributed by atoms with Crippen LogP contribution in [0.4, 0.5) is 5.69 Å². The molecule has 2 rings (SSSR count). The zero-order valence-electron chi connectivity index (χ0n) is 12.0. The summed E-state index contributed by atoms with van der Waals surface area (Å²) in [4.78, 5) is 24.4. The molecule has 114 valence electrons. The Kier molecular flexibility index (Phi) is 4.13. The van der Waals surface area contributed by atoms with Gasteiger partial charge in [0.15, 0.2) is 5.75 Å². The fraction of sp³-hybridized carbons (Fsp3) is 0.500. The zero-order valence-corrected chi connectivity index (χ0v) is 12.0. The summed E-state index contributed by atoms with van der Waals surface area (Å²) in [6, 6.07) is 4.17. The number of nitro groups is 1. The number of carbonyl (C=O) groups is 1. The first-order chi connectivity index (χ1) is 9.84. The quantitative estimate of drug-likeness (QED) is 0.675. The maximum absolute atomic E-state index is 12.4. The molecular formula is C14H18N2O5. The average Bonchev–Trinajstić information content (AvgIpc) is 2.45. The molecule has 0 aliphatic carbocycles. The molecule has 1 heterocycles. The van der Waals surface area contributed by atoms with Crippen molar-refractivity contribution in [1.29, 1.82) is 0 Å². The molecule has 1 aromatic rings. The molecule has 0 saturated carbocycles. The van der Waals surface area contributed by atoms with E-state index in [0.717, 1.165) is 0 Å². The number of nitro benzene ring substituents is 1. The molecule has 1 N–H and O–H groups in total. The Labute approximate surface area is 122 Å². The molecule has 0 spiro atoms. The van der Waals surface area contributed by atoms with E-state index in [0.29, 0.717) is 25.9 Å². The lowest BCUT2D eigenvalue weighted by Crippen LogP contribution is -2.45. The van der Waals surface area contributed by atoms with Crippen LogP contribution in [0.5, 0.6) is 5.75 Å². The smallest absolute Gasteiger partial charge is 0.311 e. The van der Waals surface area contributed by atoms with Gasteiger partial charge < -0.3 is 14.7 Å². The first-order valence-electron chi connectivity index (χ1n) is 6.68. The summed E-state index contributed by atoms with van der Waals surface area (Å²) in [5.41, 5.74) is -0.723. The minimum Gasteiger partial charge on any atom is -0.490 e. The summed E-state index contributed by atoms with van der Waals surface area (Å²) >= 11 is 0. The van der Waals surface area contributed by atoms with Crippen molar-refractivity contribution >= 4 is 11.6 Å². The van der Waals surface area contributed by atoms with Gasteiger partial charge in [-0.15, -0.1) is 0 Å². The van der Waals surface area contributed by atoms with Crippen molar-refractivity contribution in [2.24, 2.45) is 0 Å². The third-order valence-electron chi connectivity index (χ3n) is 3.75. The minimum absolute atomic E-state index is 0.123. The van der Waals surface area contributed by atoms with E-state index in [9.17, 15) is 20.0 Å². The van der Waals surface area contributed by atoms with Crippen LogP contribution in [0.2, 0.25) is 0 Å². The van der Waals surface area contributed by atoms with Gasteiger partial charge in [-0.2, -0.15) is 0 Å². The Morgan fingerprint density at radius 3 is 2.57 bits per heavy atom. The van der Waals surface area contributed by atoms with Gasteiger partial charge in [-0.05, 0) is 31.9 Å². The Hall–Kier alpha value is -2.15. The van der Waals surface area contributed by atoms with Crippen LogP contribution in [0.1, 0.15) is 30.1 Å². The fourth-order valence-corrected chi connectivity index (χ4v) is 2.34. The highest BCUT2D eigenvalue weighted by Gasteiger charge is 2.30. The third kappa shape index (κ3) is 3.30. The maximum Gasteiger partial charge on any atom is 0.311 e. The zero-order chi connectivity index (χ0) is 15.6.